The first-order valence-electron chi connectivity index (χ1n) is 7.38. The fourth-order valence-electron chi connectivity index (χ4n) is 2.86. The Bertz CT molecular complexity index is 435. The maximum atomic E-state index is 12.2. The minimum atomic E-state index is -0.528. The molecule has 0 bridgehead atoms. The summed E-state index contributed by atoms with van der Waals surface area (Å²) in [6.45, 7) is 7.61. The molecule has 4 heteroatoms. The molecule has 1 atom stereocenters. The lowest BCUT2D eigenvalue weighted by molar-refractivity contribution is -0.150. The van der Waals surface area contributed by atoms with Crippen molar-refractivity contribution >= 4 is 5.97 Å². The molecule has 1 aromatic carbocycles. The highest BCUT2D eigenvalue weighted by Gasteiger charge is 2.45. The van der Waals surface area contributed by atoms with Gasteiger partial charge in [-0.3, -0.25) is 4.90 Å². The van der Waals surface area contributed by atoms with Gasteiger partial charge in [0.15, 0.2) is 0 Å². The number of hydrogen-bond acceptors (Lipinski definition) is 4. The molecule has 0 aliphatic carbocycles. The Morgan fingerprint density at radius 2 is 2.10 bits per heavy atom. The molecule has 1 heterocycles. The average Bonchev–Trinajstić information content (AvgIpc) is 2.85. The van der Waals surface area contributed by atoms with Gasteiger partial charge in [-0.15, -0.1) is 0 Å². The Hall–Kier alpha value is -1.39. The number of likely N-dealkylation sites (tertiary alicyclic amines) is 1. The van der Waals surface area contributed by atoms with Crippen LogP contribution in [0.1, 0.15) is 25.8 Å². The topological polar surface area (TPSA) is 41.6 Å². The summed E-state index contributed by atoms with van der Waals surface area (Å²) in [5.74, 6) is -0.114. The molecule has 1 aliphatic heterocycles. The Morgan fingerprint density at radius 1 is 1.35 bits per heavy atom. The fraction of sp³-hybridized carbons (Fsp3) is 0.562. The normalized spacial score (nSPS) is 22.9. The van der Waals surface area contributed by atoms with Crippen LogP contribution in [-0.4, -0.2) is 42.6 Å². The molecule has 1 N–H and O–H groups in total. The van der Waals surface area contributed by atoms with Gasteiger partial charge in [-0.1, -0.05) is 37.3 Å². The zero-order valence-electron chi connectivity index (χ0n) is 12.4. The van der Waals surface area contributed by atoms with Gasteiger partial charge in [0.2, 0.25) is 0 Å². The van der Waals surface area contributed by atoms with Crippen LogP contribution in [0, 0.1) is 0 Å². The quantitative estimate of drug-likeness (QED) is 0.805. The number of hydrogen-bond donors (Lipinski definition) is 1. The van der Waals surface area contributed by atoms with Crippen molar-refractivity contribution in [1.29, 1.82) is 0 Å². The summed E-state index contributed by atoms with van der Waals surface area (Å²) >= 11 is 0. The van der Waals surface area contributed by atoms with Crippen molar-refractivity contribution in [3.8, 4) is 0 Å². The van der Waals surface area contributed by atoms with Crippen molar-refractivity contribution in [3.63, 3.8) is 0 Å². The second-order valence-electron chi connectivity index (χ2n) is 5.28. The monoisotopic (exact) mass is 276 g/mol. The Kier molecular flexibility index (Phi) is 5.15. The lowest BCUT2D eigenvalue weighted by atomic mass is 9.99. The standard InChI is InChI=1S/C16H24N2O2/c1-3-17-16(15(19)20-4-2)10-11-18(13-16)12-14-8-6-5-7-9-14/h5-9,17H,3-4,10-13H2,1-2H3. The SMILES string of the molecule is CCNC1(C(=O)OCC)CCN(Cc2ccccc2)C1. The van der Waals surface area contributed by atoms with Crippen molar-refractivity contribution in [1.82, 2.24) is 10.2 Å². The number of nitrogens with one attached hydrogen (secondary N) is 1. The summed E-state index contributed by atoms with van der Waals surface area (Å²) in [5, 5.41) is 3.34. The molecule has 0 radical (unpaired) electrons. The summed E-state index contributed by atoms with van der Waals surface area (Å²) in [5.41, 5.74) is 0.753. The largest absolute Gasteiger partial charge is 0.465 e. The maximum absolute atomic E-state index is 12.2. The van der Waals surface area contributed by atoms with Crippen LogP contribution in [-0.2, 0) is 16.1 Å². The van der Waals surface area contributed by atoms with Gasteiger partial charge in [-0.25, -0.2) is 4.79 Å². The van der Waals surface area contributed by atoms with Crippen LogP contribution in [0.25, 0.3) is 0 Å². The van der Waals surface area contributed by atoms with E-state index < -0.39 is 5.54 Å². The van der Waals surface area contributed by atoms with E-state index in [4.69, 9.17) is 4.74 Å². The summed E-state index contributed by atoms with van der Waals surface area (Å²) in [7, 11) is 0. The number of carbonyl (C=O) groups is 1. The number of carbonyl (C=O) groups excluding carboxylic acids is 1. The maximum Gasteiger partial charge on any atom is 0.327 e. The molecule has 1 fully saturated rings. The van der Waals surface area contributed by atoms with Crippen LogP contribution >= 0.6 is 0 Å². The third kappa shape index (κ3) is 3.38. The van der Waals surface area contributed by atoms with Crippen molar-refractivity contribution in [2.75, 3.05) is 26.2 Å². The van der Waals surface area contributed by atoms with E-state index in [0.717, 1.165) is 26.1 Å². The third-order valence-corrected chi connectivity index (χ3v) is 3.78. The van der Waals surface area contributed by atoms with E-state index in [-0.39, 0.29) is 5.97 Å². The lowest BCUT2D eigenvalue weighted by Crippen LogP contribution is -2.54. The van der Waals surface area contributed by atoms with E-state index in [9.17, 15) is 4.79 Å². The number of nitrogens with zero attached hydrogens (tertiary/aromatic N) is 1. The molecule has 1 saturated heterocycles. The van der Waals surface area contributed by atoms with Crippen LogP contribution in [0.5, 0.6) is 0 Å². The van der Waals surface area contributed by atoms with Gasteiger partial charge in [0.05, 0.1) is 6.61 Å². The Balaban J connectivity index is 2.02. The fourth-order valence-corrected chi connectivity index (χ4v) is 2.86. The highest BCUT2D eigenvalue weighted by molar-refractivity contribution is 5.81. The van der Waals surface area contributed by atoms with Crippen LogP contribution in [0.4, 0.5) is 0 Å². The van der Waals surface area contributed by atoms with Gasteiger partial charge in [-0.05, 0) is 25.5 Å². The Labute approximate surface area is 121 Å². The van der Waals surface area contributed by atoms with Gasteiger partial charge in [0, 0.05) is 19.6 Å². The second-order valence-corrected chi connectivity index (χ2v) is 5.28. The second kappa shape index (κ2) is 6.86. The smallest absolute Gasteiger partial charge is 0.327 e. The minimum absolute atomic E-state index is 0.114. The zero-order chi connectivity index (χ0) is 14.4. The van der Waals surface area contributed by atoms with Gasteiger partial charge in [-0.2, -0.15) is 0 Å². The first kappa shape index (κ1) is 15.0. The molecule has 4 nitrogen and oxygen atoms in total. The number of benzene rings is 1. The van der Waals surface area contributed by atoms with Crippen LogP contribution in [0.15, 0.2) is 30.3 Å². The molecule has 0 amide bonds. The van der Waals surface area contributed by atoms with E-state index in [2.05, 4.69) is 22.3 Å². The van der Waals surface area contributed by atoms with E-state index in [1.807, 2.05) is 32.0 Å². The summed E-state index contributed by atoms with van der Waals surface area (Å²) < 4.78 is 5.25. The van der Waals surface area contributed by atoms with E-state index in [1.54, 1.807) is 0 Å². The van der Waals surface area contributed by atoms with Crippen molar-refractivity contribution in [2.24, 2.45) is 0 Å². The molecule has 1 unspecified atom stereocenters. The molecule has 0 spiro atoms. The van der Waals surface area contributed by atoms with Gasteiger partial charge < -0.3 is 10.1 Å². The molecular weight excluding hydrogens is 252 g/mol. The predicted octanol–water partition coefficient (Wildman–Crippen LogP) is 1.80. The van der Waals surface area contributed by atoms with Crippen LogP contribution in [0.2, 0.25) is 0 Å². The highest BCUT2D eigenvalue weighted by atomic mass is 16.5. The molecule has 1 aromatic rings. The number of ether oxygens (including phenoxy) is 1. The number of likely N-dealkylation sites (N-methyl/N-ethyl adjacent to an activating group) is 1. The molecular formula is C16H24N2O2. The molecule has 1 aliphatic rings. The molecule has 110 valence electrons. The van der Waals surface area contributed by atoms with Crippen molar-refractivity contribution in [3.05, 3.63) is 35.9 Å². The van der Waals surface area contributed by atoms with Crippen molar-refractivity contribution in [2.45, 2.75) is 32.4 Å². The van der Waals surface area contributed by atoms with E-state index >= 15 is 0 Å². The first-order chi connectivity index (χ1) is 9.70. The van der Waals surface area contributed by atoms with Crippen LogP contribution < -0.4 is 5.32 Å². The third-order valence-electron chi connectivity index (χ3n) is 3.78. The van der Waals surface area contributed by atoms with E-state index in [0.29, 0.717) is 13.2 Å². The van der Waals surface area contributed by atoms with Crippen molar-refractivity contribution < 1.29 is 9.53 Å². The minimum Gasteiger partial charge on any atom is -0.465 e. The summed E-state index contributed by atoms with van der Waals surface area (Å²) in [6, 6.07) is 10.4. The molecule has 0 saturated carbocycles. The van der Waals surface area contributed by atoms with Gasteiger partial charge >= 0.3 is 5.97 Å². The van der Waals surface area contributed by atoms with E-state index in [1.165, 1.54) is 5.56 Å². The first-order valence-corrected chi connectivity index (χ1v) is 7.38. The van der Waals surface area contributed by atoms with Gasteiger partial charge in [0.1, 0.15) is 5.54 Å². The molecule has 0 aromatic heterocycles. The average molecular weight is 276 g/mol. The lowest BCUT2D eigenvalue weighted by Gasteiger charge is -2.28. The number of esters is 1. The molecule has 20 heavy (non-hydrogen) atoms. The highest BCUT2D eigenvalue weighted by Crippen LogP contribution is 2.24. The zero-order valence-corrected chi connectivity index (χ0v) is 12.4. The van der Waals surface area contributed by atoms with Crippen LogP contribution in [0.3, 0.4) is 0 Å². The summed E-state index contributed by atoms with van der Waals surface area (Å²) in [4.78, 5) is 14.6. The molecule has 2 rings (SSSR count). The Morgan fingerprint density at radius 3 is 2.75 bits per heavy atom. The predicted molar refractivity (Wildman–Crippen MR) is 79.4 cm³/mol. The van der Waals surface area contributed by atoms with Gasteiger partial charge in [0.25, 0.3) is 0 Å². The summed E-state index contributed by atoms with van der Waals surface area (Å²) in [6.07, 6.45) is 0.812. The number of rotatable bonds is 6.